The third kappa shape index (κ3) is 5.31. The lowest BCUT2D eigenvalue weighted by atomic mass is 10.0. The molecule has 0 aliphatic heterocycles. The lowest BCUT2D eigenvalue weighted by Crippen LogP contribution is -2.01. The van der Waals surface area contributed by atoms with Crippen LogP contribution in [0.4, 0.5) is 0 Å². The Hall–Kier alpha value is -4.58. The molecule has 6 heteroatoms. The average molecular weight is 428 g/mol. The Morgan fingerprint density at radius 1 is 0.469 bits per heavy atom. The topological polar surface area (TPSA) is 115 Å². The summed E-state index contributed by atoms with van der Waals surface area (Å²) in [5.41, 5.74) is 1.58. The number of ketones is 2. The highest BCUT2D eigenvalue weighted by Crippen LogP contribution is 2.29. The number of rotatable bonds is 4. The molecule has 0 saturated carbocycles. The molecule has 0 fully saturated rings. The largest absolute Gasteiger partial charge is 0.508 e. The molecule has 160 valence electrons. The Kier molecular flexibility index (Phi) is 6.88. The summed E-state index contributed by atoms with van der Waals surface area (Å²) in [5.74, 6) is -0.864. The van der Waals surface area contributed by atoms with E-state index in [0.29, 0.717) is 16.7 Å². The van der Waals surface area contributed by atoms with E-state index in [2.05, 4.69) is 0 Å². The molecular formula is C26H20O6. The van der Waals surface area contributed by atoms with Gasteiger partial charge < -0.3 is 20.4 Å². The maximum absolute atomic E-state index is 11.9. The Labute approximate surface area is 184 Å². The molecule has 0 atom stereocenters. The quantitative estimate of drug-likeness (QED) is 0.278. The van der Waals surface area contributed by atoms with E-state index in [0.717, 1.165) is 0 Å². The second-order valence-electron chi connectivity index (χ2n) is 6.79. The maximum Gasteiger partial charge on any atom is 0.196 e. The van der Waals surface area contributed by atoms with Crippen LogP contribution in [-0.2, 0) is 0 Å². The highest BCUT2D eigenvalue weighted by Gasteiger charge is 2.15. The second kappa shape index (κ2) is 9.95. The van der Waals surface area contributed by atoms with Crippen LogP contribution in [0.25, 0.3) is 0 Å². The fourth-order valence-corrected chi connectivity index (χ4v) is 2.85. The van der Waals surface area contributed by atoms with Crippen molar-refractivity contribution in [2.24, 2.45) is 0 Å². The number of phenolic OH excluding ortho intramolecular Hbond substituents is 4. The van der Waals surface area contributed by atoms with Gasteiger partial charge in [0.05, 0.1) is 5.56 Å². The van der Waals surface area contributed by atoms with Crippen LogP contribution in [0.15, 0.2) is 97.1 Å². The molecule has 4 rings (SSSR count). The molecule has 0 aliphatic carbocycles. The SMILES string of the molecule is O=C(c1ccc(O)cc1)c1ccc(O)cc1.O=C(c1ccccc1)c1cccc(O)c1O. The van der Waals surface area contributed by atoms with Gasteiger partial charge in [0.1, 0.15) is 11.5 Å². The van der Waals surface area contributed by atoms with Crippen LogP contribution < -0.4 is 0 Å². The van der Waals surface area contributed by atoms with E-state index < -0.39 is 0 Å². The number of benzene rings is 4. The molecule has 0 bridgehead atoms. The summed E-state index contributed by atoms with van der Waals surface area (Å²) >= 11 is 0. The monoisotopic (exact) mass is 428 g/mol. The van der Waals surface area contributed by atoms with Crippen molar-refractivity contribution in [2.45, 2.75) is 0 Å². The fraction of sp³-hybridized carbons (Fsp3) is 0. The molecule has 0 heterocycles. The summed E-state index contributed by atoms with van der Waals surface area (Å²) in [5, 5.41) is 37.1. The van der Waals surface area contributed by atoms with E-state index in [4.69, 9.17) is 10.2 Å². The molecule has 0 amide bonds. The van der Waals surface area contributed by atoms with Crippen LogP contribution in [-0.4, -0.2) is 32.0 Å². The van der Waals surface area contributed by atoms with Crippen molar-refractivity contribution in [3.63, 3.8) is 0 Å². The number of aromatic hydroxyl groups is 4. The van der Waals surface area contributed by atoms with Crippen LogP contribution in [0.1, 0.15) is 31.8 Å². The van der Waals surface area contributed by atoms with Gasteiger partial charge in [-0.15, -0.1) is 0 Å². The normalized spacial score (nSPS) is 10.0. The minimum atomic E-state index is -0.378. The van der Waals surface area contributed by atoms with Crippen LogP contribution in [0.3, 0.4) is 0 Å². The Bertz CT molecular complexity index is 1170. The first kappa shape index (κ1) is 22.1. The van der Waals surface area contributed by atoms with E-state index in [1.807, 2.05) is 0 Å². The lowest BCUT2D eigenvalue weighted by molar-refractivity contribution is 0.102. The van der Waals surface area contributed by atoms with Crippen LogP contribution >= 0.6 is 0 Å². The molecule has 4 aromatic carbocycles. The van der Waals surface area contributed by atoms with Gasteiger partial charge in [-0.3, -0.25) is 9.59 Å². The van der Waals surface area contributed by atoms with Gasteiger partial charge in [0.25, 0.3) is 0 Å². The minimum absolute atomic E-state index is 0.103. The van der Waals surface area contributed by atoms with Crippen LogP contribution in [0.2, 0.25) is 0 Å². The van der Waals surface area contributed by atoms with E-state index in [9.17, 15) is 19.8 Å². The van der Waals surface area contributed by atoms with Crippen molar-refractivity contribution in [1.29, 1.82) is 0 Å². The van der Waals surface area contributed by atoms with Crippen LogP contribution in [0, 0.1) is 0 Å². The van der Waals surface area contributed by atoms with Crippen LogP contribution in [0.5, 0.6) is 23.0 Å². The molecule has 0 saturated heterocycles. The molecule has 0 unspecified atom stereocenters. The summed E-state index contributed by atoms with van der Waals surface area (Å²) in [4.78, 5) is 23.9. The molecule has 0 aliphatic rings. The third-order valence-corrected chi connectivity index (χ3v) is 4.55. The molecule has 0 aromatic heterocycles. The Morgan fingerprint density at radius 3 is 1.44 bits per heavy atom. The molecular weight excluding hydrogens is 408 g/mol. The van der Waals surface area contributed by atoms with Crippen molar-refractivity contribution in [2.75, 3.05) is 0 Å². The van der Waals surface area contributed by atoms with Gasteiger partial charge in [-0.1, -0.05) is 36.4 Å². The summed E-state index contributed by atoms with van der Waals surface area (Å²) in [6, 6.07) is 25.0. The fourth-order valence-electron chi connectivity index (χ4n) is 2.85. The number of phenols is 4. The maximum atomic E-state index is 11.9. The first-order chi connectivity index (χ1) is 15.4. The predicted octanol–water partition coefficient (Wildman–Crippen LogP) is 4.66. The van der Waals surface area contributed by atoms with Gasteiger partial charge in [-0.05, 0) is 60.7 Å². The highest BCUT2D eigenvalue weighted by molar-refractivity contribution is 6.11. The third-order valence-electron chi connectivity index (χ3n) is 4.55. The van der Waals surface area contributed by atoms with Crippen molar-refractivity contribution in [1.82, 2.24) is 0 Å². The van der Waals surface area contributed by atoms with E-state index in [1.165, 1.54) is 42.5 Å². The van der Waals surface area contributed by atoms with Crippen molar-refractivity contribution < 1.29 is 30.0 Å². The van der Waals surface area contributed by atoms with Crippen molar-refractivity contribution in [3.05, 3.63) is 119 Å². The lowest BCUT2D eigenvalue weighted by Gasteiger charge is -2.04. The molecule has 0 spiro atoms. The number of carbonyl (C=O) groups excluding carboxylic acids is 2. The highest BCUT2D eigenvalue weighted by atomic mass is 16.3. The molecule has 4 N–H and O–H groups in total. The number of hydrogen-bond donors (Lipinski definition) is 4. The standard InChI is InChI=1S/2C13H10O3/c14-11-5-1-9(2-6-11)13(16)10-3-7-12(15)8-4-10;14-11-8-4-7-10(13(11)16)12(15)9-5-2-1-3-6-9/h1-8,14-15H;1-8,14,16H. The Morgan fingerprint density at radius 2 is 0.938 bits per heavy atom. The molecule has 4 aromatic rings. The van der Waals surface area contributed by atoms with Crippen molar-refractivity contribution >= 4 is 11.6 Å². The zero-order valence-electron chi connectivity index (χ0n) is 16.8. The van der Waals surface area contributed by atoms with Gasteiger partial charge in [0.2, 0.25) is 0 Å². The van der Waals surface area contributed by atoms with Gasteiger partial charge in [0, 0.05) is 16.7 Å². The van der Waals surface area contributed by atoms with Gasteiger partial charge in [0.15, 0.2) is 23.1 Å². The summed E-state index contributed by atoms with van der Waals surface area (Å²) in [7, 11) is 0. The van der Waals surface area contributed by atoms with E-state index in [-0.39, 0.29) is 40.1 Å². The molecule has 0 radical (unpaired) electrons. The van der Waals surface area contributed by atoms with E-state index >= 15 is 0 Å². The summed E-state index contributed by atoms with van der Waals surface area (Å²) in [6.45, 7) is 0. The Balaban J connectivity index is 0.000000181. The van der Waals surface area contributed by atoms with Crippen molar-refractivity contribution in [3.8, 4) is 23.0 Å². The van der Waals surface area contributed by atoms with E-state index in [1.54, 1.807) is 54.6 Å². The number of carbonyl (C=O) groups is 2. The predicted molar refractivity (Wildman–Crippen MR) is 119 cm³/mol. The summed E-state index contributed by atoms with van der Waals surface area (Å²) < 4.78 is 0. The van der Waals surface area contributed by atoms with Gasteiger partial charge >= 0.3 is 0 Å². The minimum Gasteiger partial charge on any atom is -0.508 e. The number of hydrogen-bond acceptors (Lipinski definition) is 6. The van der Waals surface area contributed by atoms with Gasteiger partial charge in [-0.25, -0.2) is 0 Å². The zero-order chi connectivity index (χ0) is 23.1. The number of para-hydroxylation sites is 1. The zero-order valence-corrected chi connectivity index (χ0v) is 16.8. The molecule has 32 heavy (non-hydrogen) atoms. The first-order valence-corrected chi connectivity index (χ1v) is 9.60. The second-order valence-corrected chi connectivity index (χ2v) is 6.79. The smallest absolute Gasteiger partial charge is 0.196 e. The summed E-state index contributed by atoms with van der Waals surface area (Å²) in [6.07, 6.45) is 0. The average Bonchev–Trinajstić information content (AvgIpc) is 2.82. The first-order valence-electron chi connectivity index (χ1n) is 9.60. The van der Waals surface area contributed by atoms with Gasteiger partial charge in [-0.2, -0.15) is 0 Å². The molecule has 6 nitrogen and oxygen atoms in total.